The monoisotopic (exact) mass is 314 g/mol. The number of benzene rings is 1. The molecule has 1 saturated heterocycles. The van der Waals surface area contributed by atoms with E-state index in [1.54, 1.807) is 0 Å². The number of rotatable bonds is 4. The molecule has 1 aromatic carbocycles. The first-order chi connectivity index (χ1) is 11.2. The standard InChI is InChI=1S/C19H26N2O2/c1-3-4-19(22)21-9-10-23-14-16(13-21)11-15-5-6-18-17(12-15)7-8-20(18)2/h5-8,12,16H,3-4,9-11,13-14H2,1-2H3/t16-/m1/s1. The average molecular weight is 314 g/mol. The molecule has 23 heavy (non-hydrogen) atoms. The second-order valence-corrected chi connectivity index (χ2v) is 6.55. The molecule has 4 nitrogen and oxygen atoms in total. The van der Waals surface area contributed by atoms with Gasteiger partial charge >= 0.3 is 0 Å². The maximum absolute atomic E-state index is 12.2. The summed E-state index contributed by atoms with van der Waals surface area (Å²) in [7, 11) is 2.07. The van der Waals surface area contributed by atoms with E-state index in [1.807, 2.05) is 4.90 Å². The third-order valence-corrected chi connectivity index (χ3v) is 4.63. The van der Waals surface area contributed by atoms with Gasteiger partial charge in [0.15, 0.2) is 0 Å². The van der Waals surface area contributed by atoms with Crippen LogP contribution in [-0.4, -0.2) is 41.7 Å². The molecule has 1 fully saturated rings. The minimum Gasteiger partial charge on any atom is -0.379 e. The van der Waals surface area contributed by atoms with Crippen LogP contribution in [0.5, 0.6) is 0 Å². The van der Waals surface area contributed by atoms with Crippen molar-refractivity contribution in [3.63, 3.8) is 0 Å². The molecule has 0 spiro atoms. The van der Waals surface area contributed by atoms with Crippen molar-refractivity contribution >= 4 is 16.8 Å². The third-order valence-electron chi connectivity index (χ3n) is 4.63. The Bertz CT molecular complexity index is 677. The summed E-state index contributed by atoms with van der Waals surface area (Å²) in [5.41, 5.74) is 2.58. The van der Waals surface area contributed by atoms with E-state index in [2.05, 4.69) is 49.0 Å². The lowest BCUT2D eigenvalue weighted by Gasteiger charge is -2.23. The van der Waals surface area contributed by atoms with Crippen molar-refractivity contribution in [2.75, 3.05) is 26.3 Å². The van der Waals surface area contributed by atoms with E-state index in [-0.39, 0.29) is 5.91 Å². The number of fused-ring (bicyclic) bond motifs is 1. The first-order valence-electron chi connectivity index (χ1n) is 8.57. The van der Waals surface area contributed by atoms with Gasteiger partial charge in [0.2, 0.25) is 5.91 Å². The van der Waals surface area contributed by atoms with E-state index in [1.165, 1.54) is 16.5 Å². The molecule has 1 aliphatic rings. The highest BCUT2D eigenvalue weighted by Gasteiger charge is 2.22. The van der Waals surface area contributed by atoms with E-state index in [0.717, 1.165) is 32.5 Å². The highest BCUT2D eigenvalue weighted by molar-refractivity contribution is 5.80. The van der Waals surface area contributed by atoms with Crippen LogP contribution in [0.4, 0.5) is 0 Å². The summed E-state index contributed by atoms with van der Waals surface area (Å²) in [5.74, 6) is 0.640. The molecule has 0 aliphatic carbocycles. The fourth-order valence-electron chi connectivity index (χ4n) is 3.39. The number of amides is 1. The molecule has 0 N–H and O–H groups in total. The smallest absolute Gasteiger partial charge is 0.222 e. The zero-order valence-corrected chi connectivity index (χ0v) is 14.1. The van der Waals surface area contributed by atoms with Crippen LogP contribution in [0.15, 0.2) is 30.5 Å². The number of nitrogens with zero attached hydrogens (tertiary/aromatic N) is 2. The highest BCUT2D eigenvalue weighted by Crippen LogP contribution is 2.20. The Morgan fingerprint density at radius 2 is 2.22 bits per heavy atom. The maximum atomic E-state index is 12.2. The summed E-state index contributed by atoms with van der Waals surface area (Å²) in [4.78, 5) is 14.2. The molecule has 1 aliphatic heterocycles. The maximum Gasteiger partial charge on any atom is 0.222 e. The van der Waals surface area contributed by atoms with Gasteiger partial charge in [-0.1, -0.05) is 13.0 Å². The Balaban J connectivity index is 1.70. The Morgan fingerprint density at radius 1 is 1.35 bits per heavy atom. The molecule has 124 valence electrons. The molecule has 0 radical (unpaired) electrons. The van der Waals surface area contributed by atoms with Gasteiger partial charge in [-0.25, -0.2) is 0 Å². The fraction of sp³-hybridized carbons (Fsp3) is 0.526. The van der Waals surface area contributed by atoms with Crippen LogP contribution in [-0.2, 0) is 23.0 Å². The van der Waals surface area contributed by atoms with Crippen molar-refractivity contribution in [3.8, 4) is 0 Å². The molecule has 1 atom stereocenters. The Kier molecular flexibility index (Phi) is 5.01. The van der Waals surface area contributed by atoms with E-state index < -0.39 is 0 Å². The fourth-order valence-corrected chi connectivity index (χ4v) is 3.39. The van der Waals surface area contributed by atoms with Crippen molar-refractivity contribution < 1.29 is 9.53 Å². The number of carbonyl (C=O) groups is 1. The summed E-state index contributed by atoms with van der Waals surface area (Å²) >= 11 is 0. The number of hydrogen-bond donors (Lipinski definition) is 0. The van der Waals surface area contributed by atoms with E-state index >= 15 is 0 Å². The molecule has 2 heterocycles. The van der Waals surface area contributed by atoms with Gasteiger partial charge in [0, 0.05) is 44.2 Å². The quantitative estimate of drug-likeness (QED) is 0.869. The Labute approximate surface area is 138 Å². The zero-order valence-electron chi connectivity index (χ0n) is 14.1. The first kappa shape index (κ1) is 16.1. The summed E-state index contributed by atoms with van der Waals surface area (Å²) in [6, 6.07) is 8.80. The minimum atomic E-state index is 0.265. The van der Waals surface area contributed by atoms with Crippen molar-refractivity contribution in [1.29, 1.82) is 0 Å². The van der Waals surface area contributed by atoms with Crippen molar-refractivity contribution in [2.45, 2.75) is 26.2 Å². The van der Waals surface area contributed by atoms with Crippen molar-refractivity contribution in [2.24, 2.45) is 13.0 Å². The van der Waals surface area contributed by atoms with E-state index in [9.17, 15) is 4.79 Å². The van der Waals surface area contributed by atoms with Gasteiger partial charge in [0.05, 0.1) is 13.2 Å². The molecule has 2 aromatic rings. The predicted octanol–water partition coefficient (Wildman–Crippen LogP) is 3.00. The summed E-state index contributed by atoms with van der Waals surface area (Å²) in [6.07, 6.45) is 4.60. The predicted molar refractivity (Wildman–Crippen MR) is 92.4 cm³/mol. The Morgan fingerprint density at radius 3 is 3.04 bits per heavy atom. The molecule has 0 saturated carbocycles. The normalized spacial score (nSPS) is 19.0. The number of hydrogen-bond acceptors (Lipinski definition) is 2. The number of aromatic nitrogens is 1. The summed E-state index contributed by atoms with van der Waals surface area (Å²) in [6.45, 7) is 4.99. The first-order valence-corrected chi connectivity index (χ1v) is 8.57. The van der Waals surface area contributed by atoms with E-state index in [0.29, 0.717) is 18.9 Å². The lowest BCUT2D eigenvalue weighted by atomic mass is 9.98. The van der Waals surface area contributed by atoms with Gasteiger partial charge in [-0.3, -0.25) is 4.79 Å². The van der Waals surface area contributed by atoms with Crippen molar-refractivity contribution in [1.82, 2.24) is 9.47 Å². The number of aryl methyl sites for hydroxylation is 1. The van der Waals surface area contributed by atoms with Crippen LogP contribution in [0.3, 0.4) is 0 Å². The molecular weight excluding hydrogens is 288 g/mol. The van der Waals surface area contributed by atoms with Crippen LogP contribution in [0.2, 0.25) is 0 Å². The zero-order chi connectivity index (χ0) is 16.2. The SMILES string of the molecule is CCCC(=O)N1CCOC[C@H](Cc2ccc3c(ccn3C)c2)C1. The lowest BCUT2D eigenvalue weighted by molar-refractivity contribution is -0.131. The minimum absolute atomic E-state index is 0.265. The molecule has 3 rings (SSSR count). The number of ether oxygens (including phenoxy) is 1. The lowest BCUT2D eigenvalue weighted by Crippen LogP contribution is -2.36. The second kappa shape index (κ2) is 7.18. The van der Waals surface area contributed by atoms with Crippen LogP contribution < -0.4 is 0 Å². The van der Waals surface area contributed by atoms with Crippen molar-refractivity contribution in [3.05, 3.63) is 36.0 Å². The van der Waals surface area contributed by atoms with Gasteiger partial charge in [-0.2, -0.15) is 0 Å². The molecule has 1 amide bonds. The molecule has 0 bridgehead atoms. The number of carbonyl (C=O) groups excluding carboxylic acids is 1. The van der Waals surface area contributed by atoms with Gasteiger partial charge < -0.3 is 14.2 Å². The average Bonchev–Trinajstić information content (AvgIpc) is 2.76. The van der Waals surface area contributed by atoms with Crippen LogP contribution in [0, 0.1) is 5.92 Å². The molecule has 4 heteroatoms. The van der Waals surface area contributed by atoms with E-state index in [4.69, 9.17) is 4.74 Å². The van der Waals surface area contributed by atoms with Crippen LogP contribution in [0.1, 0.15) is 25.3 Å². The molecular formula is C19H26N2O2. The summed E-state index contributed by atoms with van der Waals surface area (Å²) in [5, 5.41) is 1.28. The van der Waals surface area contributed by atoms with Gasteiger partial charge in [0.25, 0.3) is 0 Å². The highest BCUT2D eigenvalue weighted by atomic mass is 16.5. The Hall–Kier alpha value is -1.81. The van der Waals surface area contributed by atoms with Crippen LogP contribution >= 0.6 is 0 Å². The molecule has 0 unspecified atom stereocenters. The van der Waals surface area contributed by atoms with Crippen LogP contribution in [0.25, 0.3) is 10.9 Å². The van der Waals surface area contributed by atoms with Gasteiger partial charge in [-0.05, 0) is 42.0 Å². The largest absolute Gasteiger partial charge is 0.379 e. The summed E-state index contributed by atoms with van der Waals surface area (Å²) < 4.78 is 7.87. The molecule has 1 aromatic heterocycles. The van der Waals surface area contributed by atoms with Gasteiger partial charge in [0.1, 0.15) is 0 Å². The topological polar surface area (TPSA) is 34.5 Å². The van der Waals surface area contributed by atoms with Gasteiger partial charge in [-0.15, -0.1) is 0 Å². The third kappa shape index (κ3) is 3.75. The second-order valence-electron chi connectivity index (χ2n) is 6.55.